The minimum atomic E-state index is -0.652. The molecule has 0 unspecified atom stereocenters. The van der Waals surface area contributed by atoms with E-state index in [0.29, 0.717) is 5.56 Å². The van der Waals surface area contributed by atoms with E-state index < -0.39 is 5.54 Å². The molecule has 0 radical (unpaired) electrons. The van der Waals surface area contributed by atoms with Gasteiger partial charge in [-0.2, -0.15) is 0 Å². The smallest absolute Gasteiger partial charge is 0.185 e. The van der Waals surface area contributed by atoms with Gasteiger partial charge < -0.3 is 4.57 Å². The normalized spacial score (nSPS) is 11.5. The van der Waals surface area contributed by atoms with Crippen molar-refractivity contribution in [1.82, 2.24) is 9.55 Å². The van der Waals surface area contributed by atoms with Gasteiger partial charge in [0.15, 0.2) is 5.78 Å². The number of hydrogen-bond donors (Lipinski definition) is 0. The molecule has 0 saturated heterocycles. The SMILES string of the molecule is Cc1c(C=CC(=O)c2cccc(-c3ccccc3)c2)ncn1C(c1ccccc1)(c1ccccc1)c1ccccc1. The van der Waals surface area contributed by atoms with Crippen LogP contribution >= 0.6 is 0 Å². The number of rotatable bonds is 8. The Bertz CT molecular complexity index is 1690. The van der Waals surface area contributed by atoms with Crippen molar-refractivity contribution in [3.05, 3.63) is 192 Å². The lowest BCUT2D eigenvalue weighted by Gasteiger charge is -2.38. The zero-order valence-electron chi connectivity index (χ0n) is 22.9. The van der Waals surface area contributed by atoms with Gasteiger partial charge in [0.2, 0.25) is 0 Å². The number of hydrogen-bond acceptors (Lipinski definition) is 2. The Morgan fingerprint density at radius 2 is 1.12 bits per heavy atom. The summed E-state index contributed by atoms with van der Waals surface area (Å²) in [4.78, 5) is 18.1. The van der Waals surface area contributed by atoms with Crippen LogP contribution in [-0.4, -0.2) is 15.3 Å². The van der Waals surface area contributed by atoms with E-state index >= 15 is 0 Å². The van der Waals surface area contributed by atoms with Gasteiger partial charge in [-0.1, -0.05) is 140 Å². The standard InChI is InChI=1S/C38H30N2O/c1-29-36(25-26-37(41)32-18-14-17-31(27-32)30-15-6-2-7-16-30)39-28-40(29)38(33-19-8-3-9-20-33,34-21-10-4-11-22-34)35-23-12-5-13-24-35/h2-28H,1H3. The van der Waals surface area contributed by atoms with Gasteiger partial charge in [0, 0.05) is 11.3 Å². The highest BCUT2D eigenvalue weighted by Crippen LogP contribution is 2.42. The summed E-state index contributed by atoms with van der Waals surface area (Å²) in [6, 6.07) is 49.4. The van der Waals surface area contributed by atoms with Crippen LogP contribution in [-0.2, 0) is 5.54 Å². The molecule has 0 amide bonds. The van der Waals surface area contributed by atoms with Gasteiger partial charge >= 0.3 is 0 Å². The van der Waals surface area contributed by atoms with Crippen molar-refractivity contribution in [3.63, 3.8) is 0 Å². The predicted octanol–water partition coefficient (Wildman–Crippen LogP) is 8.59. The van der Waals surface area contributed by atoms with Gasteiger partial charge in [0.25, 0.3) is 0 Å². The van der Waals surface area contributed by atoms with E-state index in [1.807, 2.05) is 85.2 Å². The predicted molar refractivity (Wildman–Crippen MR) is 167 cm³/mol. The largest absolute Gasteiger partial charge is 0.316 e. The third kappa shape index (κ3) is 4.94. The summed E-state index contributed by atoms with van der Waals surface area (Å²) in [5.74, 6) is -0.0582. The van der Waals surface area contributed by atoms with Gasteiger partial charge in [0.1, 0.15) is 5.54 Å². The second kappa shape index (κ2) is 11.4. The van der Waals surface area contributed by atoms with Crippen molar-refractivity contribution in [2.24, 2.45) is 0 Å². The summed E-state index contributed by atoms with van der Waals surface area (Å²) in [6.07, 6.45) is 5.34. The molecule has 3 nitrogen and oxygen atoms in total. The second-order valence-corrected chi connectivity index (χ2v) is 10.0. The quantitative estimate of drug-likeness (QED) is 0.112. The molecule has 3 heteroatoms. The van der Waals surface area contributed by atoms with E-state index in [1.165, 1.54) is 0 Å². The van der Waals surface area contributed by atoms with Crippen LogP contribution in [0.3, 0.4) is 0 Å². The average molecular weight is 531 g/mol. The van der Waals surface area contributed by atoms with Gasteiger partial charge in [-0.3, -0.25) is 4.79 Å². The lowest BCUT2D eigenvalue weighted by Crippen LogP contribution is -2.38. The van der Waals surface area contributed by atoms with E-state index in [2.05, 4.69) is 84.3 Å². The highest BCUT2D eigenvalue weighted by molar-refractivity contribution is 6.07. The lowest BCUT2D eigenvalue weighted by atomic mass is 9.76. The third-order valence-corrected chi connectivity index (χ3v) is 7.63. The van der Waals surface area contributed by atoms with Crippen LogP contribution < -0.4 is 0 Å². The Hall–Kier alpha value is -5.28. The summed E-state index contributed by atoms with van der Waals surface area (Å²) in [5, 5.41) is 0. The number of benzene rings is 5. The molecular weight excluding hydrogens is 500 g/mol. The molecular formula is C38H30N2O. The molecule has 0 atom stereocenters. The highest BCUT2D eigenvalue weighted by atomic mass is 16.1. The second-order valence-electron chi connectivity index (χ2n) is 10.0. The van der Waals surface area contributed by atoms with Crippen molar-refractivity contribution < 1.29 is 4.79 Å². The fourth-order valence-corrected chi connectivity index (χ4v) is 5.61. The van der Waals surface area contributed by atoms with Crippen LogP contribution in [0.1, 0.15) is 38.4 Å². The topological polar surface area (TPSA) is 34.9 Å². The first-order chi connectivity index (χ1) is 20.2. The van der Waals surface area contributed by atoms with Crippen molar-refractivity contribution in [1.29, 1.82) is 0 Å². The minimum Gasteiger partial charge on any atom is -0.316 e. The average Bonchev–Trinajstić information content (AvgIpc) is 3.42. The summed E-state index contributed by atoms with van der Waals surface area (Å²) < 4.78 is 2.23. The number of imidazole rings is 1. The van der Waals surface area contributed by atoms with Gasteiger partial charge in [-0.25, -0.2) is 4.98 Å². The van der Waals surface area contributed by atoms with Gasteiger partial charge in [0.05, 0.1) is 12.0 Å². The van der Waals surface area contributed by atoms with E-state index in [-0.39, 0.29) is 5.78 Å². The van der Waals surface area contributed by atoms with Crippen LogP contribution in [0.2, 0.25) is 0 Å². The zero-order chi connectivity index (χ0) is 28.1. The number of carbonyl (C=O) groups is 1. The molecule has 6 rings (SSSR count). The summed E-state index contributed by atoms with van der Waals surface area (Å²) >= 11 is 0. The van der Waals surface area contributed by atoms with E-state index in [4.69, 9.17) is 4.98 Å². The summed E-state index contributed by atoms with van der Waals surface area (Å²) in [6.45, 7) is 2.07. The molecule has 1 heterocycles. The molecule has 0 N–H and O–H groups in total. The van der Waals surface area contributed by atoms with Crippen LogP contribution in [0, 0.1) is 6.92 Å². The Labute approximate surface area is 241 Å². The van der Waals surface area contributed by atoms with Gasteiger partial charge in [-0.15, -0.1) is 0 Å². The van der Waals surface area contributed by atoms with Crippen LogP contribution in [0.5, 0.6) is 0 Å². The molecule has 0 aliphatic heterocycles. The number of allylic oxidation sites excluding steroid dienone is 1. The van der Waals surface area contributed by atoms with Crippen molar-refractivity contribution in [3.8, 4) is 11.1 Å². The fraction of sp³-hybridized carbons (Fsp3) is 0.0526. The fourth-order valence-electron chi connectivity index (χ4n) is 5.61. The molecule has 0 aliphatic rings. The van der Waals surface area contributed by atoms with Crippen molar-refractivity contribution >= 4 is 11.9 Å². The molecule has 0 bridgehead atoms. The lowest BCUT2D eigenvalue weighted by molar-refractivity contribution is 0.104. The molecule has 0 saturated carbocycles. The first kappa shape index (κ1) is 26.0. The van der Waals surface area contributed by atoms with Crippen molar-refractivity contribution in [2.45, 2.75) is 12.5 Å². The number of ketones is 1. The van der Waals surface area contributed by atoms with Crippen LogP contribution in [0.4, 0.5) is 0 Å². The van der Waals surface area contributed by atoms with Crippen LogP contribution in [0.25, 0.3) is 17.2 Å². The van der Waals surface area contributed by atoms with Gasteiger partial charge in [-0.05, 0) is 53.0 Å². The molecule has 0 fully saturated rings. The maximum atomic E-state index is 13.3. The highest BCUT2D eigenvalue weighted by Gasteiger charge is 2.39. The monoisotopic (exact) mass is 530 g/mol. The first-order valence-corrected chi connectivity index (χ1v) is 13.8. The van der Waals surface area contributed by atoms with E-state index in [0.717, 1.165) is 39.2 Å². The molecule has 0 aliphatic carbocycles. The van der Waals surface area contributed by atoms with E-state index in [9.17, 15) is 4.79 Å². The number of carbonyl (C=O) groups excluding carboxylic acids is 1. The summed E-state index contributed by atoms with van der Waals surface area (Å²) in [5.41, 5.74) is 7.19. The maximum absolute atomic E-state index is 13.3. The third-order valence-electron chi connectivity index (χ3n) is 7.63. The van der Waals surface area contributed by atoms with Crippen LogP contribution in [0.15, 0.2) is 158 Å². The number of nitrogens with zero attached hydrogens (tertiary/aromatic N) is 2. The van der Waals surface area contributed by atoms with E-state index in [1.54, 1.807) is 6.08 Å². The molecule has 5 aromatic carbocycles. The maximum Gasteiger partial charge on any atom is 0.185 e. The van der Waals surface area contributed by atoms with Crippen molar-refractivity contribution in [2.75, 3.05) is 0 Å². The molecule has 198 valence electrons. The zero-order valence-corrected chi connectivity index (χ0v) is 22.9. The Morgan fingerprint density at radius 3 is 1.66 bits per heavy atom. The molecule has 41 heavy (non-hydrogen) atoms. The molecule has 6 aromatic rings. The molecule has 0 spiro atoms. The Kier molecular flexibility index (Phi) is 7.25. The number of aromatic nitrogens is 2. The Balaban J connectivity index is 1.43. The minimum absolute atomic E-state index is 0.0582. The summed E-state index contributed by atoms with van der Waals surface area (Å²) in [7, 11) is 0. The molecule has 1 aromatic heterocycles. The first-order valence-electron chi connectivity index (χ1n) is 13.8. The Morgan fingerprint density at radius 1 is 0.634 bits per heavy atom.